The zero-order valence-corrected chi connectivity index (χ0v) is 36.8. The summed E-state index contributed by atoms with van der Waals surface area (Å²) in [6, 6.07) is -1.39. The van der Waals surface area contributed by atoms with Crippen molar-refractivity contribution in [3.05, 3.63) is 60.8 Å². The molecule has 2 amide bonds. The van der Waals surface area contributed by atoms with Crippen molar-refractivity contribution in [1.82, 2.24) is 10.6 Å². The molecule has 58 heavy (non-hydrogen) atoms. The Morgan fingerprint density at radius 3 is 1.45 bits per heavy atom. The maximum Gasteiger partial charge on any atom is 0.328 e. The summed E-state index contributed by atoms with van der Waals surface area (Å²) in [6.45, 7) is 3.37. The van der Waals surface area contributed by atoms with Crippen molar-refractivity contribution in [3.63, 3.8) is 0 Å². The first-order valence-corrected chi connectivity index (χ1v) is 23.2. The van der Waals surface area contributed by atoms with Crippen molar-refractivity contribution >= 4 is 23.8 Å². The third-order valence-electron chi connectivity index (χ3n) is 10.0. The molecule has 332 valence electrons. The van der Waals surface area contributed by atoms with Crippen molar-refractivity contribution < 1.29 is 34.1 Å². The molecule has 0 radical (unpaired) electrons. The molecule has 9 nitrogen and oxygen atoms in total. The fourth-order valence-electron chi connectivity index (χ4n) is 6.52. The van der Waals surface area contributed by atoms with Crippen LogP contribution in [0.2, 0.25) is 0 Å². The van der Waals surface area contributed by atoms with Crippen molar-refractivity contribution in [2.75, 3.05) is 13.2 Å². The second-order valence-corrected chi connectivity index (χ2v) is 15.5. The van der Waals surface area contributed by atoms with Crippen LogP contribution in [0.15, 0.2) is 60.8 Å². The fourth-order valence-corrected chi connectivity index (χ4v) is 6.52. The average Bonchev–Trinajstić information content (AvgIpc) is 3.21. The lowest BCUT2D eigenvalue weighted by Gasteiger charge is -2.18. The highest BCUT2D eigenvalue weighted by molar-refractivity contribution is 5.87. The Morgan fingerprint density at radius 1 is 0.534 bits per heavy atom. The minimum absolute atomic E-state index is 0.0441. The standard InChI is InChI=1S/C49H84N2O7/c1-3-5-7-9-11-13-15-17-18-19-20-22-24-26-28-33-37-41-48(55)58-44(38-34-30-27-25-23-21-16-14-12-10-8-6-4-2)39-35-31-29-32-36-40-46(53)50-42-47(54)51-45(43-52)49(56)57/h5,7,11,13,17-18,20,22,26,28,44-45,52H,3-4,6,8-10,12,14-16,19,21,23-25,27,29-43H2,1-2H3,(H,50,53)(H,51,54)(H,56,57)/b7-5-,13-11-,18-17-,22-20-,28-26-. The maximum atomic E-state index is 12.8. The number of aliphatic hydroxyl groups excluding tert-OH is 1. The van der Waals surface area contributed by atoms with Crippen LogP contribution in [0.5, 0.6) is 0 Å². The molecular weight excluding hydrogens is 729 g/mol. The van der Waals surface area contributed by atoms with Crippen LogP contribution < -0.4 is 10.6 Å². The number of amides is 2. The van der Waals surface area contributed by atoms with Crippen LogP contribution in [-0.2, 0) is 23.9 Å². The van der Waals surface area contributed by atoms with Gasteiger partial charge < -0.3 is 25.6 Å². The number of hydrogen-bond acceptors (Lipinski definition) is 6. The molecule has 0 aliphatic rings. The predicted octanol–water partition coefficient (Wildman–Crippen LogP) is 11.7. The summed E-state index contributed by atoms with van der Waals surface area (Å²) in [7, 11) is 0. The summed E-state index contributed by atoms with van der Waals surface area (Å²) in [5.41, 5.74) is 0. The molecule has 0 saturated heterocycles. The van der Waals surface area contributed by atoms with Gasteiger partial charge in [0.1, 0.15) is 12.1 Å². The first kappa shape index (κ1) is 54.5. The average molecular weight is 813 g/mol. The number of aliphatic hydroxyl groups is 1. The van der Waals surface area contributed by atoms with E-state index in [1.54, 1.807) is 0 Å². The molecule has 0 aliphatic carbocycles. The predicted molar refractivity (Wildman–Crippen MR) is 240 cm³/mol. The summed E-state index contributed by atoms with van der Waals surface area (Å²) in [5, 5.41) is 22.6. The first-order valence-electron chi connectivity index (χ1n) is 23.2. The number of unbranched alkanes of at least 4 members (excludes halogenated alkanes) is 17. The molecule has 0 bridgehead atoms. The minimum Gasteiger partial charge on any atom is -0.480 e. The van der Waals surface area contributed by atoms with Gasteiger partial charge >= 0.3 is 11.9 Å². The lowest BCUT2D eigenvalue weighted by molar-refractivity contribution is -0.150. The van der Waals surface area contributed by atoms with Gasteiger partial charge in [0.05, 0.1) is 13.2 Å². The highest BCUT2D eigenvalue weighted by Crippen LogP contribution is 2.19. The minimum atomic E-state index is -1.39. The lowest BCUT2D eigenvalue weighted by Crippen LogP contribution is -2.47. The van der Waals surface area contributed by atoms with E-state index in [-0.39, 0.29) is 30.9 Å². The van der Waals surface area contributed by atoms with E-state index in [1.807, 2.05) is 0 Å². The summed E-state index contributed by atoms with van der Waals surface area (Å²) in [5.74, 6) is -2.35. The Labute approximate surface area is 353 Å². The van der Waals surface area contributed by atoms with E-state index < -0.39 is 24.5 Å². The zero-order chi connectivity index (χ0) is 42.6. The third-order valence-corrected chi connectivity index (χ3v) is 10.0. The molecule has 0 fully saturated rings. The topological polar surface area (TPSA) is 142 Å². The first-order chi connectivity index (χ1) is 28.3. The van der Waals surface area contributed by atoms with Gasteiger partial charge in [0, 0.05) is 12.8 Å². The molecule has 0 rings (SSSR count). The third kappa shape index (κ3) is 39.4. The van der Waals surface area contributed by atoms with Gasteiger partial charge in [-0.2, -0.15) is 0 Å². The lowest BCUT2D eigenvalue weighted by atomic mass is 10.0. The van der Waals surface area contributed by atoms with Crippen LogP contribution in [-0.4, -0.2) is 59.3 Å². The Morgan fingerprint density at radius 2 is 0.983 bits per heavy atom. The Hall–Kier alpha value is -3.46. The van der Waals surface area contributed by atoms with Crippen LogP contribution in [0.3, 0.4) is 0 Å². The van der Waals surface area contributed by atoms with Gasteiger partial charge in [-0.15, -0.1) is 0 Å². The van der Waals surface area contributed by atoms with Gasteiger partial charge in [0.25, 0.3) is 0 Å². The summed E-state index contributed by atoms with van der Waals surface area (Å²) >= 11 is 0. The Balaban J connectivity index is 4.42. The van der Waals surface area contributed by atoms with Gasteiger partial charge in [-0.1, -0.05) is 171 Å². The Bertz CT molecular complexity index is 1160. The second kappa shape index (κ2) is 43.1. The van der Waals surface area contributed by atoms with E-state index in [9.17, 15) is 19.2 Å². The number of allylic oxidation sites excluding steroid dienone is 10. The molecule has 0 saturated carbocycles. The molecule has 2 unspecified atom stereocenters. The van der Waals surface area contributed by atoms with Crippen molar-refractivity contribution in [2.24, 2.45) is 0 Å². The number of ether oxygens (including phenoxy) is 1. The Kier molecular flexibility index (Phi) is 40.6. The molecule has 0 heterocycles. The normalized spacial score (nSPS) is 13.0. The molecule has 0 aromatic carbocycles. The smallest absolute Gasteiger partial charge is 0.328 e. The number of nitrogens with one attached hydrogen (secondary N) is 2. The number of aliphatic carboxylic acids is 1. The van der Waals surface area contributed by atoms with Crippen LogP contribution in [0.25, 0.3) is 0 Å². The number of esters is 1. The number of carboxylic acids is 1. The molecule has 0 aromatic rings. The van der Waals surface area contributed by atoms with E-state index in [0.29, 0.717) is 12.8 Å². The van der Waals surface area contributed by atoms with Crippen LogP contribution >= 0.6 is 0 Å². The van der Waals surface area contributed by atoms with Gasteiger partial charge in [0.2, 0.25) is 11.8 Å². The van der Waals surface area contributed by atoms with Crippen LogP contribution in [0.4, 0.5) is 0 Å². The van der Waals surface area contributed by atoms with Crippen molar-refractivity contribution in [3.8, 4) is 0 Å². The number of carbonyl (C=O) groups excluding carboxylic acids is 3. The van der Waals surface area contributed by atoms with Gasteiger partial charge in [-0.3, -0.25) is 14.4 Å². The van der Waals surface area contributed by atoms with E-state index >= 15 is 0 Å². The molecule has 4 N–H and O–H groups in total. The number of carboxylic acid groups (broad SMARTS) is 1. The largest absolute Gasteiger partial charge is 0.480 e. The monoisotopic (exact) mass is 813 g/mol. The molecule has 9 heteroatoms. The quantitative estimate of drug-likeness (QED) is 0.0273. The van der Waals surface area contributed by atoms with Crippen molar-refractivity contribution in [1.29, 1.82) is 0 Å². The van der Waals surface area contributed by atoms with Crippen molar-refractivity contribution in [2.45, 2.75) is 212 Å². The second-order valence-electron chi connectivity index (χ2n) is 15.5. The maximum absolute atomic E-state index is 12.8. The van der Waals surface area contributed by atoms with Crippen LogP contribution in [0, 0.1) is 0 Å². The summed E-state index contributed by atoms with van der Waals surface area (Å²) in [6.07, 6.45) is 52.5. The highest BCUT2D eigenvalue weighted by atomic mass is 16.5. The van der Waals surface area contributed by atoms with E-state index in [2.05, 4.69) is 85.2 Å². The van der Waals surface area contributed by atoms with Gasteiger partial charge in [-0.05, 0) is 77.0 Å². The fraction of sp³-hybridized carbons (Fsp3) is 0.714. The van der Waals surface area contributed by atoms with E-state index in [0.717, 1.165) is 89.9 Å². The summed E-state index contributed by atoms with van der Waals surface area (Å²) < 4.78 is 6.02. The molecule has 0 spiro atoms. The molecule has 0 aliphatic heterocycles. The van der Waals surface area contributed by atoms with Gasteiger partial charge in [0.15, 0.2) is 0 Å². The molecular formula is C49H84N2O7. The molecule has 2 atom stereocenters. The van der Waals surface area contributed by atoms with Crippen LogP contribution in [0.1, 0.15) is 200 Å². The number of hydrogen-bond donors (Lipinski definition) is 4. The van der Waals surface area contributed by atoms with Gasteiger partial charge in [-0.25, -0.2) is 4.79 Å². The number of rotatable bonds is 41. The van der Waals surface area contributed by atoms with E-state index in [4.69, 9.17) is 14.9 Å². The molecule has 0 aromatic heterocycles. The number of carbonyl (C=O) groups is 4. The highest BCUT2D eigenvalue weighted by Gasteiger charge is 2.19. The van der Waals surface area contributed by atoms with E-state index in [1.165, 1.54) is 77.0 Å². The SMILES string of the molecule is CC/C=C\C/C=C\C/C=C\C/C=C\C/C=C\CCCC(=O)OC(CCCCCCCCCCCCCCC)CCCCCCCC(=O)NCC(=O)NC(CO)C(=O)O. The summed E-state index contributed by atoms with van der Waals surface area (Å²) in [4.78, 5) is 47.6. The zero-order valence-electron chi connectivity index (χ0n) is 36.8.